The highest BCUT2D eigenvalue weighted by molar-refractivity contribution is 5.87. The van der Waals surface area contributed by atoms with E-state index in [-0.39, 0.29) is 12.1 Å². The zero-order chi connectivity index (χ0) is 10.4. The SMILES string of the molecule is C/C=C(\C)C(=O)O[C@H](CC)C(C)C. The van der Waals surface area contributed by atoms with Crippen LogP contribution in [0.25, 0.3) is 0 Å². The minimum absolute atomic E-state index is 0.0439. The monoisotopic (exact) mass is 184 g/mol. The third-order valence-corrected chi connectivity index (χ3v) is 2.16. The Morgan fingerprint density at radius 2 is 2.00 bits per heavy atom. The van der Waals surface area contributed by atoms with Crippen molar-refractivity contribution in [2.24, 2.45) is 5.92 Å². The van der Waals surface area contributed by atoms with Gasteiger partial charge in [-0.2, -0.15) is 0 Å². The molecule has 0 aromatic heterocycles. The lowest BCUT2D eigenvalue weighted by atomic mass is 10.1. The third kappa shape index (κ3) is 4.11. The first-order valence-corrected chi connectivity index (χ1v) is 4.86. The average molecular weight is 184 g/mol. The lowest BCUT2D eigenvalue weighted by Crippen LogP contribution is -2.23. The molecule has 0 aromatic carbocycles. The summed E-state index contributed by atoms with van der Waals surface area (Å²) in [7, 11) is 0. The Hall–Kier alpha value is -0.790. The Bertz CT molecular complexity index is 192. The van der Waals surface area contributed by atoms with E-state index in [9.17, 15) is 4.79 Å². The molecule has 0 radical (unpaired) electrons. The Kier molecular flexibility index (Phi) is 5.44. The molecule has 0 N–H and O–H groups in total. The Morgan fingerprint density at radius 1 is 1.46 bits per heavy atom. The van der Waals surface area contributed by atoms with E-state index in [2.05, 4.69) is 13.8 Å². The maximum Gasteiger partial charge on any atom is 0.333 e. The second-order valence-electron chi connectivity index (χ2n) is 3.57. The molecule has 0 bridgehead atoms. The van der Waals surface area contributed by atoms with Crippen molar-refractivity contribution in [3.63, 3.8) is 0 Å². The van der Waals surface area contributed by atoms with E-state index in [4.69, 9.17) is 4.74 Å². The van der Waals surface area contributed by atoms with Crippen molar-refractivity contribution in [2.45, 2.75) is 47.1 Å². The molecule has 0 amide bonds. The molecule has 0 rings (SSSR count). The molecule has 0 aliphatic heterocycles. The molecule has 0 spiro atoms. The summed E-state index contributed by atoms with van der Waals surface area (Å²) in [6.07, 6.45) is 2.69. The molecule has 0 fully saturated rings. The molecule has 0 aliphatic rings. The molecule has 2 nitrogen and oxygen atoms in total. The average Bonchev–Trinajstić information content (AvgIpc) is 2.11. The number of hydrogen-bond acceptors (Lipinski definition) is 2. The van der Waals surface area contributed by atoms with Crippen LogP contribution in [0.15, 0.2) is 11.6 Å². The number of ether oxygens (including phenoxy) is 1. The topological polar surface area (TPSA) is 26.3 Å². The number of allylic oxidation sites excluding steroid dienone is 1. The van der Waals surface area contributed by atoms with Gasteiger partial charge in [0.05, 0.1) is 0 Å². The number of carbonyl (C=O) groups is 1. The largest absolute Gasteiger partial charge is 0.459 e. The minimum atomic E-state index is -0.192. The van der Waals surface area contributed by atoms with Crippen LogP contribution in [-0.2, 0) is 9.53 Å². The highest BCUT2D eigenvalue weighted by Crippen LogP contribution is 2.12. The van der Waals surface area contributed by atoms with Crippen molar-refractivity contribution >= 4 is 5.97 Å². The van der Waals surface area contributed by atoms with Crippen LogP contribution >= 0.6 is 0 Å². The van der Waals surface area contributed by atoms with Crippen LogP contribution in [0.1, 0.15) is 41.0 Å². The van der Waals surface area contributed by atoms with E-state index in [1.807, 2.05) is 13.8 Å². The second-order valence-corrected chi connectivity index (χ2v) is 3.57. The Balaban J connectivity index is 4.17. The van der Waals surface area contributed by atoms with Crippen LogP contribution < -0.4 is 0 Å². The Morgan fingerprint density at radius 3 is 2.31 bits per heavy atom. The smallest absolute Gasteiger partial charge is 0.333 e. The molecule has 0 aliphatic carbocycles. The molecule has 0 unspecified atom stereocenters. The van der Waals surface area contributed by atoms with Crippen LogP contribution in [0.5, 0.6) is 0 Å². The summed E-state index contributed by atoms with van der Waals surface area (Å²) in [6, 6.07) is 0. The van der Waals surface area contributed by atoms with Gasteiger partial charge in [-0.25, -0.2) is 4.79 Å². The van der Waals surface area contributed by atoms with Gasteiger partial charge in [0.25, 0.3) is 0 Å². The van der Waals surface area contributed by atoms with Crippen molar-refractivity contribution in [2.75, 3.05) is 0 Å². The predicted octanol–water partition coefficient (Wildman–Crippen LogP) is 2.93. The van der Waals surface area contributed by atoms with Gasteiger partial charge in [0.1, 0.15) is 6.10 Å². The number of rotatable bonds is 4. The molecule has 13 heavy (non-hydrogen) atoms. The van der Waals surface area contributed by atoms with Gasteiger partial charge < -0.3 is 4.74 Å². The summed E-state index contributed by atoms with van der Waals surface area (Å²) in [4.78, 5) is 11.4. The first-order chi connectivity index (χ1) is 6.02. The molecule has 0 aromatic rings. The summed E-state index contributed by atoms with van der Waals surface area (Å²) in [5.41, 5.74) is 0.680. The molecular weight excluding hydrogens is 164 g/mol. The number of esters is 1. The van der Waals surface area contributed by atoms with E-state index in [1.165, 1.54) is 0 Å². The first kappa shape index (κ1) is 12.2. The van der Waals surface area contributed by atoms with Crippen molar-refractivity contribution in [3.05, 3.63) is 11.6 Å². The summed E-state index contributed by atoms with van der Waals surface area (Å²) >= 11 is 0. The highest BCUT2D eigenvalue weighted by atomic mass is 16.5. The number of carbonyl (C=O) groups excluding carboxylic acids is 1. The van der Waals surface area contributed by atoms with Crippen LogP contribution in [0.4, 0.5) is 0 Å². The maximum atomic E-state index is 11.4. The standard InChI is InChI=1S/C11H20O2/c1-6-9(5)11(12)13-10(7-2)8(3)4/h6,8,10H,7H2,1-5H3/b9-6+/t10-/m1/s1. The van der Waals surface area contributed by atoms with E-state index < -0.39 is 0 Å². The van der Waals surface area contributed by atoms with Gasteiger partial charge in [-0.3, -0.25) is 0 Å². The Labute approximate surface area is 81.0 Å². The molecule has 76 valence electrons. The fraction of sp³-hybridized carbons (Fsp3) is 0.727. The molecule has 1 atom stereocenters. The van der Waals surface area contributed by atoms with E-state index in [1.54, 1.807) is 13.0 Å². The lowest BCUT2D eigenvalue weighted by Gasteiger charge is -2.19. The fourth-order valence-corrected chi connectivity index (χ4v) is 1.04. The van der Waals surface area contributed by atoms with Crippen LogP contribution in [0.2, 0.25) is 0 Å². The van der Waals surface area contributed by atoms with Gasteiger partial charge in [-0.05, 0) is 26.2 Å². The zero-order valence-corrected chi connectivity index (χ0v) is 9.26. The van der Waals surface area contributed by atoms with Crippen LogP contribution in [0, 0.1) is 5.92 Å². The summed E-state index contributed by atoms with van der Waals surface area (Å²) in [5, 5.41) is 0. The van der Waals surface area contributed by atoms with Gasteiger partial charge in [-0.15, -0.1) is 0 Å². The van der Waals surface area contributed by atoms with Gasteiger partial charge in [0, 0.05) is 5.57 Å². The maximum absolute atomic E-state index is 11.4. The van der Waals surface area contributed by atoms with Crippen molar-refractivity contribution < 1.29 is 9.53 Å². The first-order valence-electron chi connectivity index (χ1n) is 4.86. The number of hydrogen-bond donors (Lipinski definition) is 0. The van der Waals surface area contributed by atoms with Crippen LogP contribution in [-0.4, -0.2) is 12.1 Å². The molecule has 0 saturated heterocycles. The quantitative estimate of drug-likeness (QED) is 0.496. The predicted molar refractivity (Wildman–Crippen MR) is 54.4 cm³/mol. The highest BCUT2D eigenvalue weighted by Gasteiger charge is 2.16. The van der Waals surface area contributed by atoms with Gasteiger partial charge in [0.15, 0.2) is 0 Å². The zero-order valence-electron chi connectivity index (χ0n) is 9.26. The van der Waals surface area contributed by atoms with E-state index in [0.29, 0.717) is 11.5 Å². The van der Waals surface area contributed by atoms with Crippen molar-refractivity contribution in [1.82, 2.24) is 0 Å². The van der Waals surface area contributed by atoms with E-state index in [0.717, 1.165) is 6.42 Å². The lowest BCUT2D eigenvalue weighted by molar-refractivity contribution is -0.146. The second kappa shape index (κ2) is 5.79. The summed E-state index contributed by atoms with van der Waals surface area (Å²) in [5.74, 6) is 0.196. The molecule has 0 heterocycles. The summed E-state index contributed by atoms with van der Waals surface area (Å²) in [6.45, 7) is 9.77. The van der Waals surface area contributed by atoms with Crippen LogP contribution in [0.3, 0.4) is 0 Å². The fourth-order valence-electron chi connectivity index (χ4n) is 1.04. The minimum Gasteiger partial charge on any atom is -0.459 e. The summed E-state index contributed by atoms with van der Waals surface area (Å²) < 4.78 is 5.31. The van der Waals surface area contributed by atoms with Crippen molar-refractivity contribution in [3.8, 4) is 0 Å². The van der Waals surface area contributed by atoms with Gasteiger partial charge >= 0.3 is 5.97 Å². The molecule has 2 heteroatoms. The van der Waals surface area contributed by atoms with Gasteiger partial charge in [0.2, 0.25) is 0 Å². The molecule has 0 saturated carbocycles. The van der Waals surface area contributed by atoms with Gasteiger partial charge in [-0.1, -0.05) is 26.8 Å². The molecular formula is C11H20O2. The third-order valence-electron chi connectivity index (χ3n) is 2.16. The van der Waals surface area contributed by atoms with Crippen molar-refractivity contribution in [1.29, 1.82) is 0 Å². The van der Waals surface area contributed by atoms with E-state index >= 15 is 0 Å². The normalized spacial score (nSPS) is 14.5.